The third-order valence-corrected chi connectivity index (χ3v) is 3.20. The normalized spacial score (nSPS) is 35.5. The van der Waals surface area contributed by atoms with Crippen molar-refractivity contribution >= 4 is 5.91 Å². The van der Waals surface area contributed by atoms with Crippen molar-refractivity contribution in [3.05, 3.63) is 0 Å². The minimum atomic E-state index is 0.362. The van der Waals surface area contributed by atoms with Crippen LogP contribution in [0.1, 0.15) is 32.6 Å². The van der Waals surface area contributed by atoms with Crippen LogP contribution in [0.15, 0.2) is 0 Å². The maximum absolute atomic E-state index is 11.6. The van der Waals surface area contributed by atoms with E-state index in [0.29, 0.717) is 18.0 Å². The summed E-state index contributed by atoms with van der Waals surface area (Å²) in [4.78, 5) is 13.7. The molecule has 1 amide bonds. The van der Waals surface area contributed by atoms with Crippen molar-refractivity contribution in [2.45, 2.75) is 44.7 Å². The highest BCUT2D eigenvalue weighted by Gasteiger charge is 2.33. The number of nitrogens with one attached hydrogen (secondary N) is 1. The average molecular weight is 182 g/mol. The number of hydrogen-bond donors (Lipinski definition) is 1. The van der Waals surface area contributed by atoms with Gasteiger partial charge in [-0.2, -0.15) is 0 Å². The average Bonchev–Trinajstić information content (AvgIpc) is 2.48. The molecule has 0 aromatic heterocycles. The number of rotatable bonds is 1. The molecule has 74 valence electrons. The maximum Gasteiger partial charge on any atom is 0.223 e. The van der Waals surface area contributed by atoms with E-state index in [1.165, 1.54) is 12.8 Å². The molecule has 0 aromatic carbocycles. The van der Waals surface area contributed by atoms with Crippen molar-refractivity contribution in [1.29, 1.82) is 0 Å². The van der Waals surface area contributed by atoms with Gasteiger partial charge >= 0.3 is 0 Å². The zero-order chi connectivity index (χ0) is 9.26. The van der Waals surface area contributed by atoms with Crippen LogP contribution in [-0.4, -0.2) is 36.0 Å². The largest absolute Gasteiger partial charge is 0.336 e. The lowest BCUT2D eigenvalue weighted by atomic mass is 10.1. The molecule has 2 atom stereocenters. The Hall–Kier alpha value is -0.570. The van der Waals surface area contributed by atoms with Crippen LogP contribution in [0.3, 0.4) is 0 Å². The summed E-state index contributed by atoms with van der Waals surface area (Å²) in [5, 5.41) is 3.36. The Labute approximate surface area is 79.5 Å². The number of nitrogens with zero attached hydrogens (tertiary/aromatic N) is 1. The molecule has 0 bridgehead atoms. The Kier molecular flexibility index (Phi) is 2.54. The summed E-state index contributed by atoms with van der Waals surface area (Å²) in [6.45, 7) is 4.28. The zero-order valence-electron chi connectivity index (χ0n) is 8.25. The number of likely N-dealkylation sites (tertiary alicyclic amines) is 1. The van der Waals surface area contributed by atoms with Crippen molar-refractivity contribution in [3.8, 4) is 0 Å². The molecule has 13 heavy (non-hydrogen) atoms. The summed E-state index contributed by atoms with van der Waals surface area (Å²) in [6, 6.07) is 0.941. The molecular weight excluding hydrogens is 164 g/mol. The second-order valence-corrected chi connectivity index (χ2v) is 4.19. The molecule has 0 aliphatic carbocycles. The molecule has 2 aliphatic heterocycles. The Morgan fingerprint density at radius 3 is 2.85 bits per heavy atom. The van der Waals surface area contributed by atoms with Crippen molar-refractivity contribution < 1.29 is 4.79 Å². The first-order valence-electron chi connectivity index (χ1n) is 5.31. The SMILES string of the molecule is C[C@H]1CCC(=O)N1[C@@H]1CCCNC1. The van der Waals surface area contributed by atoms with Crippen LogP contribution < -0.4 is 5.32 Å². The van der Waals surface area contributed by atoms with Crippen LogP contribution >= 0.6 is 0 Å². The van der Waals surface area contributed by atoms with Crippen LogP contribution in [0.5, 0.6) is 0 Å². The van der Waals surface area contributed by atoms with Crippen molar-refractivity contribution in [1.82, 2.24) is 10.2 Å². The number of hydrogen-bond acceptors (Lipinski definition) is 2. The van der Waals surface area contributed by atoms with E-state index in [1.54, 1.807) is 0 Å². The first kappa shape index (κ1) is 9.00. The van der Waals surface area contributed by atoms with Crippen molar-refractivity contribution in [3.63, 3.8) is 0 Å². The van der Waals surface area contributed by atoms with Crippen LogP contribution in [0.4, 0.5) is 0 Å². The molecule has 0 saturated carbocycles. The summed E-state index contributed by atoms with van der Waals surface area (Å²) in [5.74, 6) is 0.362. The van der Waals surface area contributed by atoms with Gasteiger partial charge in [-0.15, -0.1) is 0 Å². The van der Waals surface area contributed by atoms with Gasteiger partial charge in [-0.05, 0) is 32.7 Å². The van der Waals surface area contributed by atoms with E-state index in [1.807, 2.05) is 0 Å². The highest BCUT2D eigenvalue weighted by molar-refractivity contribution is 5.79. The van der Waals surface area contributed by atoms with Crippen LogP contribution in [0.25, 0.3) is 0 Å². The first-order chi connectivity index (χ1) is 6.29. The van der Waals surface area contributed by atoms with Crippen molar-refractivity contribution in [2.75, 3.05) is 13.1 Å². The molecule has 0 spiro atoms. The van der Waals surface area contributed by atoms with Gasteiger partial charge in [0.2, 0.25) is 5.91 Å². The minimum absolute atomic E-state index is 0.362. The van der Waals surface area contributed by atoms with Gasteiger partial charge in [0.25, 0.3) is 0 Å². The standard InChI is InChI=1S/C10H18N2O/c1-8-4-5-10(13)12(8)9-3-2-6-11-7-9/h8-9,11H,2-7H2,1H3/t8-,9+/m0/s1. The summed E-state index contributed by atoms with van der Waals surface area (Å²) in [5.41, 5.74) is 0. The Balaban J connectivity index is 2.00. The highest BCUT2D eigenvalue weighted by atomic mass is 16.2. The molecule has 0 aromatic rings. The fourth-order valence-electron chi connectivity index (χ4n) is 2.48. The summed E-state index contributed by atoms with van der Waals surface area (Å²) < 4.78 is 0. The monoisotopic (exact) mass is 182 g/mol. The zero-order valence-corrected chi connectivity index (χ0v) is 8.25. The molecule has 3 nitrogen and oxygen atoms in total. The molecule has 2 saturated heterocycles. The molecule has 0 unspecified atom stereocenters. The number of amides is 1. The molecule has 2 heterocycles. The predicted molar refractivity (Wildman–Crippen MR) is 51.4 cm³/mol. The van der Waals surface area contributed by atoms with Gasteiger partial charge in [-0.25, -0.2) is 0 Å². The van der Waals surface area contributed by atoms with E-state index < -0.39 is 0 Å². The topological polar surface area (TPSA) is 32.3 Å². The first-order valence-corrected chi connectivity index (χ1v) is 5.31. The third kappa shape index (κ3) is 1.70. The van der Waals surface area contributed by atoms with Gasteiger partial charge in [0.05, 0.1) is 0 Å². The fourth-order valence-corrected chi connectivity index (χ4v) is 2.48. The second kappa shape index (κ2) is 3.66. The van der Waals surface area contributed by atoms with Gasteiger partial charge in [0.15, 0.2) is 0 Å². The second-order valence-electron chi connectivity index (χ2n) is 4.19. The van der Waals surface area contributed by atoms with E-state index in [4.69, 9.17) is 0 Å². The Bertz CT molecular complexity index is 199. The molecule has 0 radical (unpaired) electrons. The van der Waals surface area contributed by atoms with E-state index in [-0.39, 0.29) is 0 Å². The minimum Gasteiger partial charge on any atom is -0.336 e. The Morgan fingerprint density at radius 2 is 2.31 bits per heavy atom. The lowest BCUT2D eigenvalue weighted by molar-refractivity contribution is -0.131. The predicted octanol–water partition coefficient (Wildman–Crippen LogP) is 0.749. The summed E-state index contributed by atoms with van der Waals surface area (Å²) in [7, 11) is 0. The molecular formula is C10H18N2O. The highest BCUT2D eigenvalue weighted by Crippen LogP contribution is 2.23. The van der Waals surface area contributed by atoms with E-state index >= 15 is 0 Å². The fraction of sp³-hybridized carbons (Fsp3) is 0.900. The Morgan fingerprint density at radius 1 is 1.46 bits per heavy atom. The van der Waals surface area contributed by atoms with Gasteiger partial charge in [0, 0.05) is 25.0 Å². The van der Waals surface area contributed by atoms with E-state index in [2.05, 4.69) is 17.1 Å². The van der Waals surface area contributed by atoms with Gasteiger partial charge in [0.1, 0.15) is 0 Å². The quantitative estimate of drug-likeness (QED) is 0.649. The molecule has 2 rings (SSSR count). The van der Waals surface area contributed by atoms with Gasteiger partial charge in [-0.1, -0.05) is 0 Å². The number of piperidine rings is 1. The molecule has 1 N–H and O–H groups in total. The van der Waals surface area contributed by atoms with Crippen molar-refractivity contribution in [2.24, 2.45) is 0 Å². The smallest absolute Gasteiger partial charge is 0.223 e. The summed E-state index contributed by atoms with van der Waals surface area (Å²) >= 11 is 0. The van der Waals surface area contributed by atoms with Crippen LogP contribution in [-0.2, 0) is 4.79 Å². The van der Waals surface area contributed by atoms with Gasteiger partial charge in [-0.3, -0.25) is 4.79 Å². The molecule has 3 heteroatoms. The van der Waals surface area contributed by atoms with Gasteiger partial charge < -0.3 is 10.2 Å². The maximum atomic E-state index is 11.6. The van der Waals surface area contributed by atoms with Crippen LogP contribution in [0.2, 0.25) is 0 Å². The summed E-state index contributed by atoms with van der Waals surface area (Å²) in [6.07, 6.45) is 4.21. The lowest BCUT2D eigenvalue weighted by Gasteiger charge is -2.34. The third-order valence-electron chi connectivity index (χ3n) is 3.20. The molecule has 2 fully saturated rings. The molecule has 2 aliphatic rings. The van der Waals surface area contributed by atoms with E-state index in [9.17, 15) is 4.79 Å². The van der Waals surface area contributed by atoms with E-state index in [0.717, 1.165) is 25.9 Å². The number of carbonyl (C=O) groups is 1. The van der Waals surface area contributed by atoms with Crippen LogP contribution in [0, 0.1) is 0 Å². The number of carbonyl (C=O) groups excluding carboxylic acids is 1. The lowest BCUT2D eigenvalue weighted by Crippen LogP contribution is -2.49.